The van der Waals surface area contributed by atoms with Gasteiger partial charge in [-0.3, -0.25) is 4.57 Å². The van der Waals surface area contributed by atoms with E-state index in [2.05, 4.69) is 175 Å². The molecule has 0 aliphatic heterocycles. The van der Waals surface area contributed by atoms with Gasteiger partial charge in [0.2, 0.25) is 0 Å². The highest BCUT2D eigenvalue weighted by Crippen LogP contribution is 2.64. The number of aromatic nitrogens is 2. The molecule has 0 atom stereocenters. The van der Waals surface area contributed by atoms with E-state index < -0.39 is 5.41 Å². The smallest absolute Gasteiger partial charge is 0.114 e. The first kappa shape index (κ1) is 28.6. The maximum atomic E-state index is 4.97. The molecule has 2 aliphatic carbocycles. The average molecular weight is 651 g/mol. The van der Waals surface area contributed by atoms with Gasteiger partial charge in [-0.25, -0.2) is 4.98 Å². The Hall–Kier alpha value is -6.25. The molecule has 2 nitrogen and oxygen atoms in total. The Morgan fingerprint density at radius 1 is 0.510 bits per heavy atom. The van der Waals surface area contributed by atoms with Crippen LogP contribution in [0.3, 0.4) is 0 Å². The number of hydrogen-bond donors (Lipinski definition) is 0. The van der Waals surface area contributed by atoms with E-state index in [1.807, 2.05) is 0 Å². The lowest BCUT2D eigenvalue weighted by Crippen LogP contribution is -2.26. The zero-order chi connectivity index (χ0) is 33.7. The van der Waals surface area contributed by atoms with Gasteiger partial charge in [0.05, 0.1) is 16.4 Å². The lowest BCUT2D eigenvalue weighted by Gasteiger charge is -2.31. The number of rotatable bonds is 4. The molecule has 0 radical (unpaired) electrons. The Morgan fingerprint density at radius 3 is 1.94 bits per heavy atom. The standard InChI is InChI=1S/C49H34N2/c1-2-11-47-50-45-18-9-10-19-46(45)51(47)36-24-20-31(21-25-36)34-22-26-37-35(28-34)23-27-40-41-29-32-12-3-4-13-33(32)30-44(41)49(48(37)40)42-16-7-5-14-38(42)39-15-6-8-17-43(39)49/h3-10,12-30H,2,11H2,1H3. The SMILES string of the molecule is CCCc1nc2ccccc2n1-c1ccc(-c2ccc3c4c(ccc3c2)-c2cc3ccccc3cc2C42c3ccccc3-c3ccccc32)cc1. The van der Waals surface area contributed by atoms with Crippen molar-refractivity contribution < 1.29 is 0 Å². The molecule has 1 spiro atoms. The fourth-order valence-electron chi connectivity index (χ4n) is 9.40. The van der Waals surface area contributed by atoms with E-state index in [1.54, 1.807) is 0 Å². The summed E-state index contributed by atoms with van der Waals surface area (Å²) < 4.78 is 2.32. The molecule has 0 N–H and O–H groups in total. The molecule has 11 rings (SSSR count). The van der Waals surface area contributed by atoms with Crippen LogP contribution in [0.1, 0.15) is 41.4 Å². The first-order valence-corrected chi connectivity index (χ1v) is 18.1. The number of para-hydroxylation sites is 2. The van der Waals surface area contributed by atoms with Crippen LogP contribution in [-0.2, 0) is 11.8 Å². The third kappa shape index (κ3) is 3.85. The van der Waals surface area contributed by atoms with E-state index >= 15 is 0 Å². The van der Waals surface area contributed by atoms with Gasteiger partial charge in [0.25, 0.3) is 0 Å². The second-order valence-corrected chi connectivity index (χ2v) is 14.2. The summed E-state index contributed by atoms with van der Waals surface area (Å²) in [6, 6.07) is 61.2. The lowest BCUT2D eigenvalue weighted by atomic mass is 9.69. The first-order chi connectivity index (χ1) is 25.2. The average Bonchev–Trinajstić information content (AvgIpc) is 3.80. The van der Waals surface area contributed by atoms with Crippen LogP contribution in [0.5, 0.6) is 0 Å². The van der Waals surface area contributed by atoms with Crippen molar-refractivity contribution in [2.24, 2.45) is 0 Å². The molecule has 0 amide bonds. The molecule has 240 valence electrons. The molecule has 0 saturated heterocycles. The van der Waals surface area contributed by atoms with Gasteiger partial charge in [-0.05, 0) is 126 Å². The molecule has 0 unspecified atom stereocenters. The molecule has 2 aliphatic rings. The first-order valence-electron chi connectivity index (χ1n) is 18.1. The fraction of sp³-hybridized carbons (Fsp3) is 0.0816. The van der Waals surface area contributed by atoms with Gasteiger partial charge in [-0.15, -0.1) is 0 Å². The number of benzene rings is 8. The van der Waals surface area contributed by atoms with Crippen molar-refractivity contribution in [1.29, 1.82) is 0 Å². The molecular formula is C49H34N2. The molecule has 9 aromatic rings. The van der Waals surface area contributed by atoms with Gasteiger partial charge in [0.15, 0.2) is 0 Å². The number of aryl methyl sites for hydroxylation is 1. The predicted molar refractivity (Wildman–Crippen MR) is 212 cm³/mol. The quantitative estimate of drug-likeness (QED) is 0.185. The maximum absolute atomic E-state index is 4.97. The van der Waals surface area contributed by atoms with Gasteiger partial charge >= 0.3 is 0 Å². The molecule has 2 heteroatoms. The summed E-state index contributed by atoms with van der Waals surface area (Å²) in [6.07, 6.45) is 2.00. The van der Waals surface area contributed by atoms with E-state index in [0.717, 1.165) is 35.4 Å². The van der Waals surface area contributed by atoms with Crippen molar-refractivity contribution in [3.8, 4) is 39.1 Å². The zero-order valence-electron chi connectivity index (χ0n) is 28.4. The molecule has 51 heavy (non-hydrogen) atoms. The van der Waals surface area contributed by atoms with E-state index in [9.17, 15) is 0 Å². The van der Waals surface area contributed by atoms with E-state index in [4.69, 9.17) is 4.98 Å². The van der Waals surface area contributed by atoms with Gasteiger partial charge < -0.3 is 0 Å². The van der Waals surface area contributed by atoms with Crippen LogP contribution < -0.4 is 0 Å². The molecule has 1 heterocycles. The summed E-state index contributed by atoms with van der Waals surface area (Å²) in [5, 5.41) is 5.14. The second kappa shape index (κ2) is 10.6. The summed E-state index contributed by atoms with van der Waals surface area (Å²) in [4.78, 5) is 4.97. The van der Waals surface area contributed by atoms with Crippen molar-refractivity contribution in [1.82, 2.24) is 9.55 Å². The van der Waals surface area contributed by atoms with Crippen LogP contribution in [0, 0.1) is 0 Å². The molecule has 0 bridgehead atoms. The van der Waals surface area contributed by atoms with E-state index in [0.29, 0.717) is 0 Å². The van der Waals surface area contributed by atoms with Crippen LogP contribution in [0.25, 0.3) is 71.6 Å². The maximum Gasteiger partial charge on any atom is 0.114 e. The van der Waals surface area contributed by atoms with E-state index in [-0.39, 0.29) is 0 Å². The summed E-state index contributed by atoms with van der Waals surface area (Å²) in [5.41, 5.74) is 16.3. The summed E-state index contributed by atoms with van der Waals surface area (Å²) in [7, 11) is 0. The predicted octanol–water partition coefficient (Wildman–Crippen LogP) is 12.3. The Balaban J connectivity index is 1.11. The van der Waals surface area contributed by atoms with Crippen LogP contribution >= 0.6 is 0 Å². The minimum Gasteiger partial charge on any atom is -0.296 e. The normalized spacial score (nSPS) is 13.5. The van der Waals surface area contributed by atoms with Crippen molar-refractivity contribution in [3.63, 3.8) is 0 Å². The third-order valence-electron chi connectivity index (χ3n) is 11.5. The third-order valence-corrected chi connectivity index (χ3v) is 11.5. The number of imidazole rings is 1. The van der Waals surface area contributed by atoms with Gasteiger partial charge in [-0.1, -0.05) is 128 Å². The van der Waals surface area contributed by atoms with Gasteiger partial charge in [0, 0.05) is 12.1 Å². The molecule has 0 fully saturated rings. The Morgan fingerprint density at radius 2 is 1.18 bits per heavy atom. The Labute approximate surface area is 297 Å². The van der Waals surface area contributed by atoms with Gasteiger partial charge in [0.1, 0.15) is 5.82 Å². The van der Waals surface area contributed by atoms with Crippen molar-refractivity contribution in [2.45, 2.75) is 25.2 Å². The van der Waals surface area contributed by atoms with Crippen molar-refractivity contribution >= 4 is 32.6 Å². The van der Waals surface area contributed by atoms with Crippen LogP contribution in [0.15, 0.2) is 164 Å². The van der Waals surface area contributed by atoms with Crippen molar-refractivity contribution in [2.75, 3.05) is 0 Å². The monoisotopic (exact) mass is 650 g/mol. The second-order valence-electron chi connectivity index (χ2n) is 14.2. The number of nitrogens with zero attached hydrogens (tertiary/aromatic N) is 2. The minimum absolute atomic E-state index is 0.395. The largest absolute Gasteiger partial charge is 0.296 e. The molecular weight excluding hydrogens is 617 g/mol. The molecule has 1 aromatic heterocycles. The highest BCUT2D eigenvalue weighted by molar-refractivity contribution is 6.06. The van der Waals surface area contributed by atoms with Gasteiger partial charge in [-0.2, -0.15) is 0 Å². The Kier molecular flexibility index (Phi) is 5.95. The summed E-state index contributed by atoms with van der Waals surface area (Å²) >= 11 is 0. The van der Waals surface area contributed by atoms with Crippen LogP contribution in [0.2, 0.25) is 0 Å². The molecule has 8 aromatic carbocycles. The summed E-state index contributed by atoms with van der Waals surface area (Å²) in [5.74, 6) is 1.11. The molecule has 0 saturated carbocycles. The van der Waals surface area contributed by atoms with Crippen LogP contribution in [-0.4, -0.2) is 9.55 Å². The van der Waals surface area contributed by atoms with Crippen LogP contribution in [0.4, 0.5) is 0 Å². The van der Waals surface area contributed by atoms with Crippen molar-refractivity contribution in [3.05, 3.63) is 192 Å². The zero-order valence-corrected chi connectivity index (χ0v) is 28.4. The highest BCUT2D eigenvalue weighted by Gasteiger charge is 2.52. The minimum atomic E-state index is -0.395. The summed E-state index contributed by atoms with van der Waals surface area (Å²) in [6.45, 7) is 2.22. The fourth-order valence-corrected chi connectivity index (χ4v) is 9.40. The van der Waals surface area contributed by atoms with E-state index in [1.165, 1.54) is 77.2 Å². The topological polar surface area (TPSA) is 17.8 Å². The number of hydrogen-bond acceptors (Lipinski definition) is 1. The Bertz CT molecular complexity index is 2830. The highest BCUT2D eigenvalue weighted by atomic mass is 15.1. The lowest BCUT2D eigenvalue weighted by molar-refractivity contribution is 0.802. The number of fused-ring (bicyclic) bond motifs is 14.